The van der Waals surface area contributed by atoms with Crippen LogP contribution in [0.5, 0.6) is 0 Å². The van der Waals surface area contributed by atoms with E-state index in [9.17, 15) is 22.0 Å². The van der Waals surface area contributed by atoms with Crippen LogP contribution in [0.25, 0.3) is 0 Å². The number of rotatable bonds is 4. The monoisotopic (exact) mass is 327 g/mol. The molecule has 0 aliphatic carbocycles. The number of methoxy groups -OCH3 is 1. The highest BCUT2D eigenvalue weighted by molar-refractivity contribution is 7.92. The second-order valence-electron chi connectivity index (χ2n) is 4.25. The van der Waals surface area contributed by atoms with Gasteiger partial charge in [-0.25, -0.2) is 22.0 Å². The van der Waals surface area contributed by atoms with Crippen molar-refractivity contribution in [2.24, 2.45) is 0 Å². The van der Waals surface area contributed by atoms with Crippen molar-refractivity contribution in [1.82, 2.24) is 0 Å². The molecule has 22 heavy (non-hydrogen) atoms. The number of halogens is 2. The van der Waals surface area contributed by atoms with Gasteiger partial charge < -0.3 is 4.74 Å². The Labute approximate surface area is 125 Å². The summed E-state index contributed by atoms with van der Waals surface area (Å²) < 4.78 is 56.9. The first kappa shape index (κ1) is 15.9. The first-order valence-corrected chi connectivity index (χ1v) is 7.48. The fourth-order valence-corrected chi connectivity index (χ4v) is 2.75. The summed E-state index contributed by atoms with van der Waals surface area (Å²) in [5.74, 6) is -3.05. The van der Waals surface area contributed by atoms with Crippen molar-refractivity contribution in [1.29, 1.82) is 0 Å². The number of esters is 1. The van der Waals surface area contributed by atoms with Gasteiger partial charge in [-0.15, -0.1) is 0 Å². The van der Waals surface area contributed by atoms with Crippen LogP contribution in [0, 0.1) is 11.6 Å². The third-order valence-electron chi connectivity index (χ3n) is 2.74. The van der Waals surface area contributed by atoms with E-state index in [1.165, 1.54) is 31.4 Å². The van der Waals surface area contributed by atoms with Crippen LogP contribution in [0.2, 0.25) is 0 Å². The Morgan fingerprint density at radius 2 is 1.82 bits per heavy atom. The summed E-state index contributed by atoms with van der Waals surface area (Å²) in [4.78, 5) is 11.0. The minimum absolute atomic E-state index is 0.0904. The number of anilines is 1. The number of nitrogens with one attached hydrogen (secondary N) is 1. The highest BCUT2D eigenvalue weighted by Crippen LogP contribution is 2.19. The van der Waals surface area contributed by atoms with Gasteiger partial charge in [0.2, 0.25) is 0 Å². The molecule has 1 N–H and O–H groups in total. The fourth-order valence-electron chi connectivity index (χ4n) is 1.69. The van der Waals surface area contributed by atoms with E-state index in [1.807, 2.05) is 0 Å². The lowest BCUT2D eigenvalue weighted by Crippen LogP contribution is -2.14. The molecule has 2 rings (SSSR count). The molecule has 0 atom stereocenters. The number of sulfonamides is 1. The Hall–Kier alpha value is -2.48. The van der Waals surface area contributed by atoms with Gasteiger partial charge >= 0.3 is 5.97 Å². The molecular formula is C14H11F2NO4S. The summed E-state index contributed by atoms with van der Waals surface area (Å²) in [5, 5.41) is 0. The average Bonchev–Trinajstić information content (AvgIpc) is 2.49. The number of ether oxygens (including phenoxy) is 1. The fraction of sp³-hybridized carbons (Fsp3) is 0.0714. The summed E-state index contributed by atoms with van der Waals surface area (Å²) in [7, 11) is -2.92. The molecule has 0 saturated heterocycles. The molecule has 0 fully saturated rings. The summed E-state index contributed by atoms with van der Waals surface area (Å²) in [6.07, 6.45) is 0. The Bertz CT molecular complexity index is 821. The summed E-state index contributed by atoms with van der Waals surface area (Å²) in [5.41, 5.74) is 0.237. The predicted octanol–water partition coefficient (Wildman–Crippen LogP) is 2.55. The van der Waals surface area contributed by atoms with E-state index in [1.54, 1.807) is 0 Å². The largest absolute Gasteiger partial charge is 0.465 e. The molecular weight excluding hydrogens is 316 g/mol. The molecule has 0 saturated carbocycles. The number of hydrogen-bond donors (Lipinski definition) is 1. The molecule has 0 unspecified atom stereocenters. The van der Waals surface area contributed by atoms with Crippen molar-refractivity contribution < 1.29 is 26.7 Å². The molecule has 0 bridgehead atoms. The quantitative estimate of drug-likeness (QED) is 0.876. The second kappa shape index (κ2) is 6.10. The molecule has 0 radical (unpaired) electrons. The van der Waals surface area contributed by atoms with Gasteiger partial charge in [0.15, 0.2) is 11.6 Å². The van der Waals surface area contributed by atoms with Gasteiger partial charge in [-0.1, -0.05) is 6.07 Å². The summed E-state index contributed by atoms with van der Waals surface area (Å²) in [6.45, 7) is 0. The van der Waals surface area contributed by atoms with E-state index >= 15 is 0 Å². The molecule has 0 spiro atoms. The Morgan fingerprint density at radius 1 is 1.09 bits per heavy atom. The van der Waals surface area contributed by atoms with Crippen LogP contribution < -0.4 is 4.72 Å². The highest BCUT2D eigenvalue weighted by Gasteiger charge is 2.17. The maximum absolute atomic E-state index is 13.1. The standard InChI is InChI=1S/C14H11F2NO4S/c1-21-14(18)9-3-2-4-10(7-9)17-22(19,20)11-5-6-12(15)13(16)8-11/h2-8,17H,1H3. The molecule has 0 aliphatic heterocycles. The number of benzene rings is 2. The second-order valence-corrected chi connectivity index (χ2v) is 5.94. The van der Waals surface area contributed by atoms with Gasteiger partial charge in [-0.3, -0.25) is 4.72 Å². The van der Waals surface area contributed by atoms with Crippen molar-refractivity contribution in [3.63, 3.8) is 0 Å². The molecule has 8 heteroatoms. The van der Waals surface area contributed by atoms with Gasteiger partial charge in [-0.2, -0.15) is 0 Å². The van der Waals surface area contributed by atoms with Crippen LogP contribution in [0.15, 0.2) is 47.4 Å². The van der Waals surface area contributed by atoms with Crippen molar-refractivity contribution >= 4 is 21.7 Å². The minimum atomic E-state index is -4.11. The van der Waals surface area contributed by atoms with E-state index in [4.69, 9.17) is 0 Å². The Morgan fingerprint density at radius 3 is 2.45 bits per heavy atom. The normalized spacial score (nSPS) is 11.0. The number of carbonyl (C=O) groups excluding carboxylic acids is 1. The number of carbonyl (C=O) groups is 1. The van der Waals surface area contributed by atoms with Gasteiger partial charge in [-0.05, 0) is 36.4 Å². The van der Waals surface area contributed by atoms with Crippen LogP contribution in [0.1, 0.15) is 10.4 Å². The lowest BCUT2D eigenvalue weighted by molar-refractivity contribution is 0.0601. The molecule has 0 aliphatic rings. The number of hydrogen-bond acceptors (Lipinski definition) is 4. The highest BCUT2D eigenvalue weighted by atomic mass is 32.2. The van der Waals surface area contributed by atoms with Gasteiger partial charge in [0.05, 0.1) is 17.6 Å². The molecule has 0 aromatic heterocycles. The third kappa shape index (κ3) is 3.40. The smallest absolute Gasteiger partial charge is 0.337 e. The minimum Gasteiger partial charge on any atom is -0.465 e. The van der Waals surface area contributed by atoms with E-state index in [0.29, 0.717) is 6.07 Å². The topological polar surface area (TPSA) is 72.5 Å². The lowest BCUT2D eigenvalue weighted by Gasteiger charge is -2.09. The van der Waals surface area contributed by atoms with Crippen LogP contribution >= 0.6 is 0 Å². The van der Waals surface area contributed by atoms with Gasteiger partial charge in [0, 0.05) is 5.69 Å². The summed E-state index contributed by atoms with van der Waals surface area (Å²) in [6, 6.07) is 7.80. The van der Waals surface area contributed by atoms with Crippen LogP contribution in [0.4, 0.5) is 14.5 Å². The molecule has 2 aromatic carbocycles. The molecule has 116 valence electrons. The van der Waals surface area contributed by atoms with Crippen LogP contribution in [-0.4, -0.2) is 21.5 Å². The Balaban J connectivity index is 2.32. The van der Waals surface area contributed by atoms with E-state index in [-0.39, 0.29) is 11.3 Å². The molecule has 0 amide bonds. The van der Waals surface area contributed by atoms with Crippen molar-refractivity contribution in [3.05, 3.63) is 59.7 Å². The predicted molar refractivity (Wildman–Crippen MR) is 74.9 cm³/mol. The zero-order chi connectivity index (χ0) is 16.3. The van der Waals surface area contributed by atoms with Crippen molar-refractivity contribution in [3.8, 4) is 0 Å². The van der Waals surface area contributed by atoms with Crippen molar-refractivity contribution in [2.45, 2.75) is 4.90 Å². The van der Waals surface area contributed by atoms with Gasteiger partial charge in [0.1, 0.15) is 0 Å². The maximum Gasteiger partial charge on any atom is 0.337 e. The third-order valence-corrected chi connectivity index (χ3v) is 4.12. The van der Waals surface area contributed by atoms with Gasteiger partial charge in [0.25, 0.3) is 10.0 Å². The first-order chi connectivity index (χ1) is 10.3. The summed E-state index contributed by atoms with van der Waals surface area (Å²) >= 11 is 0. The Kier molecular flexibility index (Phi) is 4.41. The lowest BCUT2D eigenvalue weighted by atomic mass is 10.2. The van der Waals surface area contributed by atoms with Crippen LogP contribution in [0.3, 0.4) is 0 Å². The zero-order valence-corrected chi connectivity index (χ0v) is 12.2. The SMILES string of the molecule is COC(=O)c1cccc(NS(=O)(=O)c2ccc(F)c(F)c2)c1. The van der Waals surface area contributed by atoms with Crippen molar-refractivity contribution in [2.75, 3.05) is 11.8 Å². The molecule has 5 nitrogen and oxygen atoms in total. The molecule has 2 aromatic rings. The first-order valence-electron chi connectivity index (χ1n) is 6.00. The van der Waals surface area contributed by atoms with E-state index in [2.05, 4.69) is 9.46 Å². The maximum atomic E-state index is 13.1. The van der Waals surface area contributed by atoms with E-state index < -0.39 is 32.5 Å². The zero-order valence-electron chi connectivity index (χ0n) is 11.3. The molecule has 0 heterocycles. The average molecular weight is 327 g/mol. The van der Waals surface area contributed by atoms with Crippen LogP contribution in [-0.2, 0) is 14.8 Å². The van der Waals surface area contributed by atoms with E-state index in [0.717, 1.165) is 12.1 Å².